The molecule has 2 aliphatic carbocycles. The maximum atomic E-state index is 10.1. The number of hydrogen-bond acceptors (Lipinski definition) is 1. The Bertz CT molecular complexity index is 1250. The summed E-state index contributed by atoms with van der Waals surface area (Å²) < 4.78 is 0. The summed E-state index contributed by atoms with van der Waals surface area (Å²) in [6.45, 7) is 22.2. The van der Waals surface area contributed by atoms with Gasteiger partial charge in [-0.05, 0) is 95.6 Å². The average molecular weight is 553 g/mol. The van der Waals surface area contributed by atoms with Crippen molar-refractivity contribution in [2.45, 2.75) is 107 Å². The van der Waals surface area contributed by atoms with Crippen molar-refractivity contribution in [3.8, 4) is 0 Å². The Morgan fingerprint density at radius 1 is 0.634 bits per heavy atom. The molecule has 2 rings (SSSR count). The zero-order valence-electron chi connectivity index (χ0n) is 27.6. The van der Waals surface area contributed by atoms with Gasteiger partial charge in [-0.15, -0.1) is 0 Å². The van der Waals surface area contributed by atoms with E-state index in [4.69, 9.17) is 0 Å². The van der Waals surface area contributed by atoms with E-state index in [0.717, 1.165) is 12.8 Å². The summed E-state index contributed by atoms with van der Waals surface area (Å²) in [4.78, 5) is 0. The van der Waals surface area contributed by atoms with Crippen molar-refractivity contribution in [2.24, 2.45) is 10.8 Å². The van der Waals surface area contributed by atoms with E-state index in [-0.39, 0.29) is 16.9 Å². The molecule has 1 N–H and O–H groups in total. The van der Waals surface area contributed by atoms with Gasteiger partial charge in [0.05, 0.1) is 6.10 Å². The number of rotatable bonds is 10. The van der Waals surface area contributed by atoms with Crippen LogP contribution < -0.4 is 0 Å². The SMILES string of the molecule is CC1=C(\C=C/C(C)=C/C=C/C(C)=C\C=C\C=C(C)\C=C\C=C(C)\C=C\C2=C(C)C[C@H](O)CC2(C)C)C(C)(C)CCC1. The third kappa shape index (κ3) is 11.9. The first kappa shape index (κ1) is 34.3. The van der Waals surface area contributed by atoms with Crippen molar-refractivity contribution in [1.82, 2.24) is 0 Å². The summed E-state index contributed by atoms with van der Waals surface area (Å²) in [7, 11) is 0. The Hall–Kier alpha value is -2.90. The lowest BCUT2D eigenvalue weighted by Gasteiger charge is -2.35. The summed E-state index contributed by atoms with van der Waals surface area (Å²) in [5, 5.41) is 10.1. The lowest BCUT2D eigenvalue weighted by atomic mass is 9.71. The number of aliphatic hydroxyl groups excluding tert-OH is 1. The maximum absolute atomic E-state index is 10.1. The number of hydrogen-bond donors (Lipinski definition) is 1. The van der Waals surface area contributed by atoms with Crippen molar-refractivity contribution >= 4 is 0 Å². The van der Waals surface area contributed by atoms with Crippen LogP contribution in [0.25, 0.3) is 0 Å². The summed E-state index contributed by atoms with van der Waals surface area (Å²) >= 11 is 0. The van der Waals surface area contributed by atoms with Crippen LogP contribution in [0.4, 0.5) is 0 Å². The van der Waals surface area contributed by atoms with Gasteiger partial charge in [-0.2, -0.15) is 0 Å². The third-order valence-corrected chi connectivity index (χ3v) is 8.31. The van der Waals surface area contributed by atoms with Gasteiger partial charge < -0.3 is 5.11 Å². The average Bonchev–Trinajstić information content (AvgIpc) is 2.84. The Morgan fingerprint density at radius 3 is 1.54 bits per heavy atom. The van der Waals surface area contributed by atoms with Crippen LogP contribution in [0.15, 0.2) is 130 Å². The highest BCUT2D eigenvalue weighted by molar-refractivity contribution is 5.39. The molecule has 0 spiro atoms. The lowest BCUT2D eigenvalue weighted by Crippen LogP contribution is -2.28. The van der Waals surface area contributed by atoms with Crippen LogP contribution in [0, 0.1) is 10.8 Å². The molecule has 1 heteroatoms. The molecule has 0 aromatic rings. The summed E-state index contributed by atoms with van der Waals surface area (Å²) in [5.41, 5.74) is 10.9. The highest BCUT2D eigenvalue weighted by atomic mass is 16.3. The molecule has 0 aromatic carbocycles. The van der Waals surface area contributed by atoms with E-state index in [1.54, 1.807) is 5.57 Å². The normalized spacial score (nSPS) is 23.5. The van der Waals surface area contributed by atoms with Crippen LogP contribution in [0.3, 0.4) is 0 Å². The molecule has 0 amide bonds. The number of allylic oxidation sites excluding steroid dienone is 21. The Balaban J connectivity index is 1.90. The molecule has 1 atom stereocenters. The Morgan fingerprint density at radius 2 is 1.07 bits per heavy atom. The minimum atomic E-state index is -0.220. The molecule has 1 nitrogen and oxygen atoms in total. The molecule has 0 saturated heterocycles. The van der Waals surface area contributed by atoms with Gasteiger partial charge in [0, 0.05) is 0 Å². The van der Waals surface area contributed by atoms with Gasteiger partial charge in [0.25, 0.3) is 0 Å². The molecule has 0 radical (unpaired) electrons. The molecule has 0 fully saturated rings. The smallest absolute Gasteiger partial charge is 0.0585 e. The summed E-state index contributed by atoms with van der Waals surface area (Å²) in [6.07, 6.45) is 35.5. The van der Waals surface area contributed by atoms with E-state index >= 15 is 0 Å². The van der Waals surface area contributed by atoms with Crippen molar-refractivity contribution in [3.63, 3.8) is 0 Å². The van der Waals surface area contributed by atoms with E-state index in [2.05, 4.69) is 154 Å². The van der Waals surface area contributed by atoms with Crippen LogP contribution in [0.5, 0.6) is 0 Å². The van der Waals surface area contributed by atoms with Crippen LogP contribution in [-0.4, -0.2) is 11.2 Å². The van der Waals surface area contributed by atoms with Crippen LogP contribution in [0.1, 0.15) is 101 Å². The minimum Gasteiger partial charge on any atom is -0.393 e. The van der Waals surface area contributed by atoms with Gasteiger partial charge in [-0.1, -0.05) is 146 Å². The monoisotopic (exact) mass is 552 g/mol. The van der Waals surface area contributed by atoms with E-state index in [9.17, 15) is 5.11 Å². The fourth-order valence-electron chi connectivity index (χ4n) is 5.96. The van der Waals surface area contributed by atoms with E-state index in [1.165, 1.54) is 58.3 Å². The molecular weight excluding hydrogens is 496 g/mol. The molecule has 0 unspecified atom stereocenters. The Kier molecular flexibility index (Phi) is 13.3. The third-order valence-electron chi connectivity index (χ3n) is 8.31. The van der Waals surface area contributed by atoms with E-state index < -0.39 is 0 Å². The van der Waals surface area contributed by atoms with Gasteiger partial charge in [0.1, 0.15) is 0 Å². The Labute approximate surface area is 252 Å². The maximum Gasteiger partial charge on any atom is 0.0585 e. The molecule has 0 heterocycles. The second-order valence-electron chi connectivity index (χ2n) is 13.5. The standard InChI is InChI=1S/C40H56O/c1-30(18-13-20-32(3)23-25-37-34(5)22-15-27-39(37,7)8)16-11-12-17-31(2)19-14-21-33(4)24-26-38-35(6)28-36(41)29-40(38,9)10/h11-14,16-21,23-26,36,41H,15,22,27-29H2,1-10H3/b12-11+,18-13+,19-14+,25-23-,26-24+,30-16-,31-17+,32-20+,33-21+/t36-/m0/s1. The van der Waals surface area contributed by atoms with Crippen molar-refractivity contribution in [1.29, 1.82) is 0 Å². The van der Waals surface area contributed by atoms with Crippen molar-refractivity contribution < 1.29 is 5.11 Å². The second-order valence-corrected chi connectivity index (χ2v) is 13.5. The molecule has 0 aromatic heterocycles. The van der Waals surface area contributed by atoms with Crippen molar-refractivity contribution in [2.75, 3.05) is 0 Å². The van der Waals surface area contributed by atoms with Gasteiger partial charge in [-0.25, -0.2) is 0 Å². The van der Waals surface area contributed by atoms with Gasteiger partial charge in [-0.3, -0.25) is 0 Å². The summed E-state index contributed by atoms with van der Waals surface area (Å²) in [6, 6.07) is 0. The fraction of sp³-hybridized carbons (Fsp3) is 0.450. The first-order valence-corrected chi connectivity index (χ1v) is 15.4. The molecular formula is C40H56O. The topological polar surface area (TPSA) is 20.2 Å². The van der Waals surface area contributed by atoms with E-state index in [0.29, 0.717) is 0 Å². The molecule has 41 heavy (non-hydrogen) atoms. The van der Waals surface area contributed by atoms with Gasteiger partial charge in [0.2, 0.25) is 0 Å². The molecule has 222 valence electrons. The van der Waals surface area contributed by atoms with Crippen molar-refractivity contribution in [3.05, 3.63) is 130 Å². The van der Waals surface area contributed by atoms with Crippen LogP contribution in [-0.2, 0) is 0 Å². The minimum absolute atomic E-state index is 0.0128. The number of aliphatic hydroxyl groups is 1. The van der Waals surface area contributed by atoms with Gasteiger partial charge >= 0.3 is 0 Å². The molecule has 0 aliphatic heterocycles. The summed E-state index contributed by atoms with van der Waals surface area (Å²) in [5.74, 6) is 0. The lowest BCUT2D eigenvalue weighted by molar-refractivity contribution is 0.116. The first-order valence-electron chi connectivity index (χ1n) is 15.4. The quantitative estimate of drug-likeness (QED) is 0.267. The largest absolute Gasteiger partial charge is 0.393 e. The fourth-order valence-corrected chi connectivity index (χ4v) is 5.96. The zero-order chi connectivity index (χ0) is 30.6. The molecule has 2 aliphatic rings. The predicted molar refractivity (Wildman–Crippen MR) is 183 cm³/mol. The zero-order valence-corrected chi connectivity index (χ0v) is 27.6. The molecule has 0 bridgehead atoms. The molecule has 0 saturated carbocycles. The predicted octanol–water partition coefficient (Wildman–Crippen LogP) is 11.6. The van der Waals surface area contributed by atoms with Crippen LogP contribution in [0.2, 0.25) is 0 Å². The van der Waals surface area contributed by atoms with Gasteiger partial charge in [0.15, 0.2) is 0 Å². The first-order chi connectivity index (χ1) is 19.2. The van der Waals surface area contributed by atoms with Crippen LogP contribution >= 0.6 is 0 Å². The highest BCUT2D eigenvalue weighted by Crippen LogP contribution is 2.42. The van der Waals surface area contributed by atoms with E-state index in [1.807, 2.05) is 0 Å². The highest BCUT2D eigenvalue weighted by Gasteiger charge is 2.31. The second kappa shape index (κ2) is 15.9.